The Morgan fingerprint density at radius 3 is 2.07 bits per heavy atom. The fraction of sp³-hybridized carbons (Fsp3) is 0.125. The summed E-state index contributed by atoms with van der Waals surface area (Å²) < 4.78 is 25.6. The van der Waals surface area contributed by atoms with Crippen molar-refractivity contribution in [1.29, 1.82) is 0 Å². The van der Waals surface area contributed by atoms with Gasteiger partial charge in [0.05, 0.1) is 5.56 Å². The Hall–Kier alpha value is -0.0484. The number of carbonyl (C=O) groups is 1. The fourth-order valence-corrected chi connectivity index (χ4v) is 0.895. The predicted molar refractivity (Wildman–Crippen MR) is 39.0 cm³/mol. The summed E-state index contributed by atoms with van der Waals surface area (Å²) in [5.41, 5.74) is -0.838. The van der Waals surface area contributed by atoms with Gasteiger partial charge in [0.2, 0.25) is 0 Å². The number of hydrogen-bond donors (Lipinski definition) is 2. The number of benzene rings is 1. The SMILES string of the molecule is O=C(O)C(O)c1c(F)cccc1F.[Ac]. The van der Waals surface area contributed by atoms with Gasteiger partial charge in [-0.25, -0.2) is 13.6 Å². The number of aliphatic hydroxyl groups is 1. The molecule has 0 saturated carbocycles. The molecule has 1 aromatic carbocycles. The summed E-state index contributed by atoms with van der Waals surface area (Å²) in [5, 5.41) is 17.2. The Morgan fingerprint density at radius 1 is 1.29 bits per heavy atom. The van der Waals surface area contributed by atoms with E-state index in [4.69, 9.17) is 10.2 Å². The fourth-order valence-electron chi connectivity index (χ4n) is 0.895. The monoisotopic (exact) mass is 415 g/mol. The van der Waals surface area contributed by atoms with E-state index in [1.165, 1.54) is 0 Å². The molecule has 1 atom stereocenters. The molecular weight excluding hydrogens is 409 g/mol. The number of carboxylic acid groups (broad SMARTS) is 1. The summed E-state index contributed by atoms with van der Waals surface area (Å²) in [6, 6.07) is 2.85. The van der Waals surface area contributed by atoms with Crippen LogP contribution in [-0.4, -0.2) is 16.2 Å². The molecule has 2 N–H and O–H groups in total. The second-order valence-electron chi connectivity index (χ2n) is 2.38. The Balaban J connectivity index is 0.00000169. The van der Waals surface area contributed by atoms with Gasteiger partial charge >= 0.3 is 5.97 Å². The zero-order valence-electron chi connectivity index (χ0n) is 6.95. The topological polar surface area (TPSA) is 57.5 Å². The van der Waals surface area contributed by atoms with Crippen molar-refractivity contribution in [2.45, 2.75) is 6.10 Å². The summed E-state index contributed by atoms with van der Waals surface area (Å²) >= 11 is 0. The van der Waals surface area contributed by atoms with Gasteiger partial charge in [0, 0.05) is 44.1 Å². The van der Waals surface area contributed by atoms with Crippen LogP contribution in [0.2, 0.25) is 0 Å². The van der Waals surface area contributed by atoms with Crippen LogP contribution in [0.3, 0.4) is 0 Å². The Bertz CT molecular complexity index is 323. The number of hydrogen-bond acceptors (Lipinski definition) is 2. The largest absolute Gasteiger partial charge is 0.479 e. The van der Waals surface area contributed by atoms with Gasteiger partial charge in [-0.2, -0.15) is 0 Å². The molecular formula is C8H6AcF2O3. The van der Waals surface area contributed by atoms with Crippen molar-refractivity contribution in [3.05, 3.63) is 35.4 Å². The zero-order valence-corrected chi connectivity index (χ0v) is 11.7. The summed E-state index contributed by atoms with van der Waals surface area (Å²) in [7, 11) is 0. The van der Waals surface area contributed by atoms with Crippen LogP contribution in [-0.2, 0) is 4.79 Å². The van der Waals surface area contributed by atoms with E-state index >= 15 is 0 Å². The van der Waals surface area contributed by atoms with Crippen LogP contribution in [0.1, 0.15) is 11.7 Å². The van der Waals surface area contributed by atoms with Gasteiger partial charge in [0.25, 0.3) is 0 Å². The van der Waals surface area contributed by atoms with E-state index in [1.54, 1.807) is 0 Å². The first kappa shape index (κ1) is 14.0. The predicted octanol–water partition coefficient (Wildman–Crippen LogP) is 1.08. The summed E-state index contributed by atoms with van der Waals surface area (Å²) in [6.45, 7) is 0. The molecule has 0 aliphatic heterocycles. The smallest absolute Gasteiger partial charge is 0.337 e. The molecule has 1 rings (SSSR count). The van der Waals surface area contributed by atoms with Crippen molar-refractivity contribution in [1.82, 2.24) is 0 Å². The number of aliphatic hydroxyl groups excluding tert-OH is 1. The minimum atomic E-state index is -2.17. The second-order valence-corrected chi connectivity index (χ2v) is 2.38. The van der Waals surface area contributed by atoms with Crippen LogP contribution >= 0.6 is 0 Å². The van der Waals surface area contributed by atoms with Gasteiger partial charge in [0.15, 0.2) is 6.10 Å². The summed E-state index contributed by atoms with van der Waals surface area (Å²) in [6.07, 6.45) is -2.17. The van der Waals surface area contributed by atoms with Crippen LogP contribution in [0, 0.1) is 55.7 Å². The van der Waals surface area contributed by atoms with Crippen LogP contribution in [0.4, 0.5) is 8.78 Å². The van der Waals surface area contributed by atoms with Crippen molar-refractivity contribution >= 4 is 5.97 Å². The molecule has 14 heavy (non-hydrogen) atoms. The van der Waals surface area contributed by atoms with Crippen LogP contribution in [0.5, 0.6) is 0 Å². The third-order valence-corrected chi connectivity index (χ3v) is 1.51. The molecule has 0 aliphatic rings. The maximum atomic E-state index is 12.8. The first-order valence-corrected chi connectivity index (χ1v) is 3.39. The van der Waals surface area contributed by atoms with E-state index in [-0.39, 0.29) is 44.1 Å². The van der Waals surface area contributed by atoms with E-state index in [1.807, 2.05) is 0 Å². The average molecular weight is 415 g/mol. The normalized spacial score (nSPS) is 11.6. The quantitative estimate of drug-likeness (QED) is 0.761. The minimum Gasteiger partial charge on any atom is -0.479 e. The molecule has 0 bridgehead atoms. The number of carboxylic acids is 1. The molecule has 0 spiro atoms. The van der Waals surface area contributed by atoms with Gasteiger partial charge in [0.1, 0.15) is 11.6 Å². The molecule has 1 radical (unpaired) electrons. The number of aliphatic carboxylic acids is 1. The van der Waals surface area contributed by atoms with E-state index in [9.17, 15) is 13.6 Å². The summed E-state index contributed by atoms with van der Waals surface area (Å²) in [4.78, 5) is 10.2. The molecule has 1 aromatic rings. The molecule has 0 heterocycles. The molecule has 73 valence electrons. The Kier molecular flexibility index (Phi) is 5.72. The van der Waals surface area contributed by atoms with Gasteiger partial charge in [-0.3, -0.25) is 0 Å². The van der Waals surface area contributed by atoms with Gasteiger partial charge in [-0.1, -0.05) is 6.07 Å². The van der Waals surface area contributed by atoms with Crippen molar-refractivity contribution in [3.63, 3.8) is 0 Å². The van der Waals surface area contributed by atoms with E-state index in [2.05, 4.69) is 0 Å². The number of halogens is 2. The molecule has 0 aliphatic carbocycles. The molecule has 0 saturated heterocycles. The first-order chi connectivity index (χ1) is 6.04. The standard InChI is InChI=1S/C8H6F2O3.Ac/c9-4-2-1-3-5(10)6(4)7(11)8(12)13;/h1-3,7,11H,(H,12,13);. The molecule has 3 nitrogen and oxygen atoms in total. The van der Waals surface area contributed by atoms with Crippen LogP contribution < -0.4 is 0 Å². The zero-order chi connectivity index (χ0) is 10.0. The third-order valence-electron chi connectivity index (χ3n) is 1.51. The molecule has 1 unspecified atom stereocenters. The molecule has 0 amide bonds. The van der Waals surface area contributed by atoms with Gasteiger partial charge in [-0.15, -0.1) is 0 Å². The van der Waals surface area contributed by atoms with Crippen LogP contribution in [0.15, 0.2) is 18.2 Å². The van der Waals surface area contributed by atoms with Crippen molar-refractivity contribution in [2.75, 3.05) is 0 Å². The van der Waals surface area contributed by atoms with E-state index < -0.39 is 29.3 Å². The van der Waals surface area contributed by atoms with Gasteiger partial charge < -0.3 is 10.2 Å². The third kappa shape index (κ3) is 2.97. The first-order valence-electron chi connectivity index (χ1n) is 3.39. The maximum Gasteiger partial charge on any atom is 0.337 e. The second kappa shape index (κ2) is 5.74. The van der Waals surface area contributed by atoms with Crippen molar-refractivity contribution < 1.29 is 67.9 Å². The van der Waals surface area contributed by atoms with Crippen molar-refractivity contribution in [3.8, 4) is 0 Å². The van der Waals surface area contributed by atoms with Crippen LogP contribution in [0.25, 0.3) is 0 Å². The van der Waals surface area contributed by atoms with E-state index in [0.717, 1.165) is 18.2 Å². The molecule has 0 fully saturated rings. The Labute approximate surface area is 114 Å². The Morgan fingerprint density at radius 2 is 1.71 bits per heavy atom. The molecule has 0 aromatic heterocycles. The van der Waals surface area contributed by atoms with Gasteiger partial charge in [-0.05, 0) is 12.1 Å². The van der Waals surface area contributed by atoms with Crippen molar-refractivity contribution in [2.24, 2.45) is 0 Å². The van der Waals surface area contributed by atoms with E-state index in [0.29, 0.717) is 0 Å². The maximum absolute atomic E-state index is 12.8. The molecule has 6 heteroatoms. The minimum absolute atomic E-state index is 0. The number of rotatable bonds is 2. The summed E-state index contributed by atoms with van der Waals surface area (Å²) in [5.74, 6) is -3.84. The average Bonchev–Trinajstić information content (AvgIpc) is 2.03.